The number of fused-ring (bicyclic) bond motifs is 1. The number of carbonyl (C=O) groups excluding carboxylic acids is 1. The van der Waals surface area contributed by atoms with Crippen LogP contribution in [0.4, 0.5) is 4.39 Å². The molecule has 1 aromatic carbocycles. The smallest absolute Gasteiger partial charge is 0.224 e. The summed E-state index contributed by atoms with van der Waals surface area (Å²) in [6, 6.07) is 10.3. The van der Waals surface area contributed by atoms with Crippen molar-refractivity contribution in [3.8, 4) is 0 Å². The van der Waals surface area contributed by atoms with E-state index in [1.807, 2.05) is 18.2 Å². The van der Waals surface area contributed by atoms with Gasteiger partial charge < -0.3 is 10.3 Å². The summed E-state index contributed by atoms with van der Waals surface area (Å²) in [6.45, 7) is 0.366. The van der Waals surface area contributed by atoms with Crippen LogP contribution in [-0.2, 0) is 17.8 Å². The second-order valence-corrected chi connectivity index (χ2v) is 4.75. The highest BCUT2D eigenvalue weighted by atomic mass is 19.1. The third-order valence-electron chi connectivity index (χ3n) is 3.28. The van der Waals surface area contributed by atoms with E-state index in [0.29, 0.717) is 23.0 Å². The number of pyridine rings is 1. The van der Waals surface area contributed by atoms with Gasteiger partial charge in [0.25, 0.3) is 0 Å². The van der Waals surface area contributed by atoms with Crippen LogP contribution in [0, 0.1) is 5.82 Å². The van der Waals surface area contributed by atoms with E-state index in [0.717, 1.165) is 5.69 Å². The van der Waals surface area contributed by atoms with Crippen molar-refractivity contribution in [2.45, 2.75) is 13.0 Å². The monoisotopic (exact) mass is 283 g/mol. The van der Waals surface area contributed by atoms with Gasteiger partial charge in [-0.25, -0.2) is 4.39 Å². The lowest BCUT2D eigenvalue weighted by molar-refractivity contribution is -0.120. The van der Waals surface area contributed by atoms with Gasteiger partial charge in [0.15, 0.2) is 0 Å². The fourth-order valence-corrected chi connectivity index (χ4v) is 2.27. The molecule has 106 valence electrons. The molecule has 0 fully saturated rings. The van der Waals surface area contributed by atoms with Gasteiger partial charge in [-0.3, -0.25) is 9.78 Å². The zero-order valence-electron chi connectivity index (χ0n) is 11.3. The Morgan fingerprint density at radius 3 is 2.95 bits per heavy atom. The Labute approximate surface area is 121 Å². The number of aromatic amines is 1. The largest absolute Gasteiger partial charge is 0.361 e. The first-order valence-corrected chi connectivity index (χ1v) is 6.65. The zero-order chi connectivity index (χ0) is 14.7. The molecule has 0 aliphatic heterocycles. The Bertz CT molecular complexity index is 768. The fourth-order valence-electron chi connectivity index (χ4n) is 2.27. The number of nitrogens with one attached hydrogen (secondary N) is 2. The lowest BCUT2D eigenvalue weighted by Crippen LogP contribution is -2.24. The molecule has 0 spiro atoms. The van der Waals surface area contributed by atoms with Crippen molar-refractivity contribution in [2.24, 2.45) is 0 Å². The predicted octanol–water partition coefficient (Wildman–Crippen LogP) is 2.56. The van der Waals surface area contributed by atoms with E-state index in [1.165, 1.54) is 6.07 Å². The van der Waals surface area contributed by atoms with Crippen LogP contribution in [0.5, 0.6) is 0 Å². The van der Waals surface area contributed by atoms with Crippen LogP contribution in [-0.4, -0.2) is 15.9 Å². The molecular weight excluding hydrogens is 269 g/mol. The molecule has 21 heavy (non-hydrogen) atoms. The molecule has 0 aliphatic carbocycles. The molecule has 3 aromatic rings. The van der Waals surface area contributed by atoms with Gasteiger partial charge in [0.1, 0.15) is 5.82 Å². The summed E-state index contributed by atoms with van der Waals surface area (Å²) >= 11 is 0. The predicted molar refractivity (Wildman–Crippen MR) is 78.0 cm³/mol. The first-order valence-electron chi connectivity index (χ1n) is 6.65. The van der Waals surface area contributed by atoms with E-state index in [2.05, 4.69) is 15.3 Å². The average molecular weight is 283 g/mol. The van der Waals surface area contributed by atoms with Crippen molar-refractivity contribution in [1.82, 2.24) is 15.3 Å². The van der Waals surface area contributed by atoms with Crippen molar-refractivity contribution in [2.75, 3.05) is 0 Å². The van der Waals surface area contributed by atoms with Gasteiger partial charge in [0.2, 0.25) is 5.91 Å². The van der Waals surface area contributed by atoms with Gasteiger partial charge in [-0.1, -0.05) is 12.1 Å². The van der Waals surface area contributed by atoms with Crippen molar-refractivity contribution >= 4 is 16.8 Å². The number of hydrogen-bond acceptors (Lipinski definition) is 2. The molecule has 0 bridgehead atoms. The first kappa shape index (κ1) is 13.3. The summed E-state index contributed by atoms with van der Waals surface area (Å²) in [4.78, 5) is 19.1. The number of halogens is 1. The van der Waals surface area contributed by atoms with Gasteiger partial charge in [0, 0.05) is 23.3 Å². The van der Waals surface area contributed by atoms with Gasteiger partial charge in [-0.2, -0.15) is 0 Å². The maximum atomic E-state index is 13.8. The Balaban J connectivity index is 1.69. The first-order chi connectivity index (χ1) is 10.2. The van der Waals surface area contributed by atoms with Gasteiger partial charge >= 0.3 is 0 Å². The highest BCUT2D eigenvalue weighted by Crippen LogP contribution is 2.21. The Hall–Kier alpha value is -2.69. The number of rotatable bonds is 4. The second-order valence-electron chi connectivity index (χ2n) is 4.75. The average Bonchev–Trinajstić information content (AvgIpc) is 2.91. The Morgan fingerprint density at radius 2 is 2.14 bits per heavy atom. The van der Waals surface area contributed by atoms with Crippen LogP contribution in [0.25, 0.3) is 10.9 Å². The number of hydrogen-bond donors (Lipinski definition) is 2. The van der Waals surface area contributed by atoms with E-state index in [9.17, 15) is 9.18 Å². The Morgan fingerprint density at radius 1 is 1.24 bits per heavy atom. The lowest BCUT2D eigenvalue weighted by atomic mass is 10.1. The molecule has 2 heterocycles. The van der Waals surface area contributed by atoms with E-state index in [-0.39, 0.29) is 18.1 Å². The summed E-state index contributed by atoms with van der Waals surface area (Å²) in [5, 5.41) is 3.26. The molecule has 1 amide bonds. The molecule has 0 atom stereocenters. The standard InChI is InChI=1S/C16H14FN3O/c17-13-5-3-6-14-16(13)11(9-19-14)8-15(21)20-10-12-4-1-2-7-18-12/h1-7,9,19H,8,10H2,(H,20,21). The zero-order valence-corrected chi connectivity index (χ0v) is 11.3. The molecule has 0 unspecified atom stereocenters. The second kappa shape index (κ2) is 5.75. The van der Waals surface area contributed by atoms with Gasteiger partial charge in [-0.15, -0.1) is 0 Å². The van der Waals surface area contributed by atoms with Crippen LogP contribution in [0.1, 0.15) is 11.3 Å². The third-order valence-corrected chi connectivity index (χ3v) is 3.28. The summed E-state index contributed by atoms with van der Waals surface area (Å²) in [6.07, 6.45) is 3.48. The SMILES string of the molecule is O=C(Cc1c[nH]c2cccc(F)c12)NCc1ccccn1. The molecular formula is C16H14FN3O. The highest BCUT2D eigenvalue weighted by molar-refractivity contribution is 5.89. The Kier molecular flexibility index (Phi) is 3.64. The van der Waals surface area contributed by atoms with Gasteiger partial charge in [-0.05, 0) is 29.8 Å². The quantitative estimate of drug-likeness (QED) is 0.773. The van der Waals surface area contributed by atoms with Crippen LogP contribution in [0.15, 0.2) is 48.8 Å². The summed E-state index contributed by atoms with van der Waals surface area (Å²) in [5.41, 5.74) is 2.14. The van der Waals surface area contributed by atoms with Crippen LogP contribution in [0.3, 0.4) is 0 Å². The highest BCUT2D eigenvalue weighted by Gasteiger charge is 2.11. The maximum Gasteiger partial charge on any atom is 0.224 e. The van der Waals surface area contributed by atoms with E-state index in [1.54, 1.807) is 24.5 Å². The molecule has 3 rings (SSSR count). The van der Waals surface area contributed by atoms with Crippen molar-refractivity contribution in [1.29, 1.82) is 0 Å². The molecule has 0 radical (unpaired) electrons. The molecule has 4 nitrogen and oxygen atoms in total. The van der Waals surface area contributed by atoms with Crippen molar-refractivity contribution < 1.29 is 9.18 Å². The number of benzene rings is 1. The minimum absolute atomic E-state index is 0.133. The number of amides is 1. The molecule has 5 heteroatoms. The number of H-pyrrole nitrogens is 1. The molecule has 2 aromatic heterocycles. The normalized spacial score (nSPS) is 10.7. The lowest BCUT2D eigenvalue weighted by Gasteiger charge is -2.04. The topological polar surface area (TPSA) is 57.8 Å². The summed E-state index contributed by atoms with van der Waals surface area (Å²) in [7, 11) is 0. The van der Waals surface area contributed by atoms with Crippen molar-refractivity contribution in [3.05, 3.63) is 65.9 Å². The van der Waals surface area contributed by atoms with E-state index in [4.69, 9.17) is 0 Å². The number of nitrogens with zero attached hydrogens (tertiary/aromatic N) is 1. The summed E-state index contributed by atoms with van der Waals surface area (Å²) in [5.74, 6) is -0.480. The van der Waals surface area contributed by atoms with Gasteiger partial charge in [0.05, 0.1) is 18.7 Å². The van der Waals surface area contributed by atoms with Crippen LogP contribution >= 0.6 is 0 Å². The van der Waals surface area contributed by atoms with Crippen LogP contribution < -0.4 is 5.32 Å². The minimum Gasteiger partial charge on any atom is -0.361 e. The fraction of sp³-hybridized carbons (Fsp3) is 0.125. The third kappa shape index (κ3) is 2.91. The van der Waals surface area contributed by atoms with Crippen LogP contribution in [0.2, 0.25) is 0 Å². The molecule has 0 saturated carbocycles. The molecule has 0 saturated heterocycles. The maximum absolute atomic E-state index is 13.8. The number of aromatic nitrogens is 2. The summed E-state index contributed by atoms with van der Waals surface area (Å²) < 4.78 is 13.8. The minimum atomic E-state index is -0.318. The van der Waals surface area contributed by atoms with Crippen molar-refractivity contribution in [3.63, 3.8) is 0 Å². The molecule has 0 aliphatic rings. The van der Waals surface area contributed by atoms with E-state index >= 15 is 0 Å². The molecule has 2 N–H and O–H groups in total. The van der Waals surface area contributed by atoms with E-state index < -0.39 is 0 Å². The number of carbonyl (C=O) groups is 1.